The first-order valence-corrected chi connectivity index (χ1v) is 4.66. The maximum absolute atomic E-state index is 10.8. The minimum absolute atomic E-state index is 0.0878. The van der Waals surface area contributed by atoms with E-state index in [0.717, 1.165) is 32.7 Å². The molecule has 13 heavy (non-hydrogen) atoms. The largest absolute Gasteiger partial charge is 0.351 e. The number of hydrogen-bond donors (Lipinski definition) is 2. The van der Waals surface area contributed by atoms with Crippen LogP contribution < -0.4 is 10.6 Å². The van der Waals surface area contributed by atoms with Crippen molar-refractivity contribution in [1.29, 1.82) is 0 Å². The lowest BCUT2D eigenvalue weighted by molar-refractivity contribution is -0.116. The van der Waals surface area contributed by atoms with Crippen molar-refractivity contribution in [3.05, 3.63) is 12.7 Å². The van der Waals surface area contributed by atoms with E-state index in [1.807, 2.05) is 0 Å². The fourth-order valence-electron chi connectivity index (χ4n) is 1.34. The fourth-order valence-corrected chi connectivity index (χ4v) is 1.34. The molecule has 1 rings (SSSR count). The number of piperazine rings is 1. The van der Waals surface area contributed by atoms with Gasteiger partial charge in [-0.15, -0.1) is 0 Å². The van der Waals surface area contributed by atoms with E-state index < -0.39 is 0 Å². The molecular formula is C9H17N3O. The third-order valence-corrected chi connectivity index (χ3v) is 2.12. The quantitative estimate of drug-likeness (QED) is 0.561. The van der Waals surface area contributed by atoms with Crippen molar-refractivity contribution in [2.24, 2.45) is 0 Å². The predicted molar refractivity (Wildman–Crippen MR) is 52.5 cm³/mol. The molecule has 1 amide bonds. The third kappa shape index (κ3) is 4.05. The van der Waals surface area contributed by atoms with Gasteiger partial charge in [0.05, 0.1) is 0 Å². The summed E-state index contributed by atoms with van der Waals surface area (Å²) in [7, 11) is 0. The van der Waals surface area contributed by atoms with Crippen molar-refractivity contribution in [3.63, 3.8) is 0 Å². The predicted octanol–water partition coefficient (Wildman–Crippen LogP) is -0.806. The first-order chi connectivity index (χ1) is 6.33. The molecule has 1 heterocycles. The van der Waals surface area contributed by atoms with Crippen molar-refractivity contribution < 1.29 is 4.79 Å². The first kappa shape index (κ1) is 10.2. The van der Waals surface area contributed by atoms with E-state index in [1.54, 1.807) is 0 Å². The Morgan fingerprint density at radius 1 is 1.54 bits per heavy atom. The summed E-state index contributed by atoms with van der Waals surface area (Å²) in [5, 5.41) is 6.04. The summed E-state index contributed by atoms with van der Waals surface area (Å²) in [4.78, 5) is 13.1. The zero-order valence-electron chi connectivity index (χ0n) is 7.88. The lowest BCUT2D eigenvalue weighted by Crippen LogP contribution is -2.46. The summed E-state index contributed by atoms with van der Waals surface area (Å²) in [6, 6.07) is 0. The molecule has 1 fully saturated rings. The highest BCUT2D eigenvalue weighted by atomic mass is 16.1. The highest BCUT2D eigenvalue weighted by Crippen LogP contribution is 1.89. The topological polar surface area (TPSA) is 44.4 Å². The van der Waals surface area contributed by atoms with Crippen molar-refractivity contribution in [2.45, 2.75) is 0 Å². The Kier molecular flexibility index (Phi) is 4.49. The molecule has 1 saturated heterocycles. The minimum atomic E-state index is -0.0878. The summed E-state index contributed by atoms with van der Waals surface area (Å²) < 4.78 is 0. The molecule has 4 nitrogen and oxygen atoms in total. The van der Waals surface area contributed by atoms with E-state index in [-0.39, 0.29) is 5.91 Å². The van der Waals surface area contributed by atoms with Crippen LogP contribution in [0, 0.1) is 0 Å². The number of rotatable bonds is 4. The molecule has 0 bridgehead atoms. The second-order valence-electron chi connectivity index (χ2n) is 3.09. The van der Waals surface area contributed by atoms with Crippen LogP contribution in [0.1, 0.15) is 0 Å². The smallest absolute Gasteiger partial charge is 0.243 e. The number of carbonyl (C=O) groups is 1. The zero-order chi connectivity index (χ0) is 9.52. The molecule has 0 saturated carbocycles. The maximum Gasteiger partial charge on any atom is 0.243 e. The SMILES string of the molecule is C=CC(=O)NCCN1CCNCC1. The average Bonchev–Trinajstić information content (AvgIpc) is 2.19. The summed E-state index contributed by atoms with van der Waals surface area (Å²) in [5.74, 6) is -0.0878. The molecule has 74 valence electrons. The second kappa shape index (κ2) is 5.72. The van der Waals surface area contributed by atoms with Gasteiger partial charge < -0.3 is 10.6 Å². The van der Waals surface area contributed by atoms with Gasteiger partial charge in [0.25, 0.3) is 0 Å². The Morgan fingerprint density at radius 3 is 2.85 bits per heavy atom. The molecule has 0 atom stereocenters. The van der Waals surface area contributed by atoms with Crippen LogP contribution in [0.15, 0.2) is 12.7 Å². The van der Waals surface area contributed by atoms with Crippen LogP contribution in [0.3, 0.4) is 0 Å². The molecule has 0 spiro atoms. The molecule has 0 aliphatic carbocycles. The number of amides is 1. The summed E-state index contributed by atoms with van der Waals surface area (Å²) in [6.45, 7) is 9.28. The van der Waals surface area contributed by atoms with Crippen molar-refractivity contribution in [3.8, 4) is 0 Å². The van der Waals surface area contributed by atoms with E-state index in [2.05, 4.69) is 22.1 Å². The van der Waals surface area contributed by atoms with Crippen LogP contribution in [-0.4, -0.2) is 50.1 Å². The van der Waals surface area contributed by atoms with Gasteiger partial charge in [0.1, 0.15) is 0 Å². The Labute approximate surface area is 79.0 Å². The van der Waals surface area contributed by atoms with E-state index in [1.165, 1.54) is 6.08 Å². The molecule has 0 aromatic carbocycles. The van der Waals surface area contributed by atoms with Gasteiger partial charge in [0.15, 0.2) is 0 Å². The minimum Gasteiger partial charge on any atom is -0.351 e. The molecule has 1 aliphatic heterocycles. The molecule has 1 aliphatic rings. The van der Waals surface area contributed by atoms with Crippen molar-refractivity contribution in [1.82, 2.24) is 15.5 Å². The first-order valence-electron chi connectivity index (χ1n) is 4.66. The van der Waals surface area contributed by atoms with Crippen molar-refractivity contribution in [2.75, 3.05) is 39.3 Å². The zero-order valence-corrected chi connectivity index (χ0v) is 7.88. The van der Waals surface area contributed by atoms with Gasteiger partial charge in [-0.1, -0.05) is 6.58 Å². The maximum atomic E-state index is 10.8. The molecule has 0 aromatic rings. The van der Waals surface area contributed by atoms with Gasteiger partial charge >= 0.3 is 0 Å². The highest BCUT2D eigenvalue weighted by molar-refractivity contribution is 5.86. The van der Waals surface area contributed by atoms with Gasteiger partial charge in [-0.3, -0.25) is 9.69 Å². The van der Waals surface area contributed by atoms with Crippen LogP contribution in [0.5, 0.6) is 0 Å². The molecule has 4 heteroatoms. The van der Waals surface area contributed by atoms with Gasteiger partial charge in [-0.25, -0.2) is 0 Å². The molecule has 2 N–H and O–H groups in total. The molecule has 0 aromatic heterocycles. The lowest BCUT2D eigenvalue weighted by Gasteiger charge is -2.26. The van der Waals surface area contributed by atoms with Gasteiger partial charge in [-0.2, -0.15) is 0 Å². The standard InChI is InChI=1S/C9H17N3O/c1-2-9(13)11-5-8-12-6-3-10-4-7-12/h2,10H,1,3-8H2,(H,11,13). The Morgan fingerprint density at radius 2 is 2.23 bits per heavy atom. The van der Waals surface area contributed by atoms with Crippen LogP contribution in [0.4, 0.5) is 0 Å². The Hall–Kier alpha value is -0.870. The lowest BCUT2D eigenvalue weighted by atomic mass is 10.3. The highest BCUT2D eigenvalue weighted by Gasteiger charge is 2.08. The van der Waals surface area contributed by atoms with Gasteiger partial charge in [-0.05, 0) is 6.08 Å². The Balaban J connectivity index is 2.04. The van der Waals surface area contributed by atoms with Crippen LogP contribution in [0.2, 0.25) is 0 Å². The molecule has 0 unspecified atom stereocenters. The van der Waals surface area contributed by atoms with E-state index >= 15 is 0 Å². The van der Waals surface area contributed by atoms with Gasteiger partial charge in [0.2, 0.25) is 5.91 Å². The Bertz CT molecular complexity index is 176. The number of nitrogens with one attached hydrogen (secondary N) is 2. The second-order valence-corrected chi connectivity index (χ2v) is 3.09. The summed E-state index contributed by atoms with van der Waals surface area (Å²) in [6.07, 6.45) is 1.30. The van der Waals surface area contributed by atoms with E-state index in [4.69, 9.17) is 0 Å². The summed E-state index contributed by atoms with van der Waals surface area (Å²) >= 11 is 0. The van der Waals surface area contributed by atoms with Crippen molar-refractivity contribution >= 4 is 5.91 Å². The molecular weight excluding hydrogens is 166 g/mol. The van der Waals surface area contributed by atoms with E-state index in [9.17, 15) is 4.79 Å². The third-order valence-electron chi connectivity index (χ3n) is 2.12. The number of hydrogen-bond acceptors (Lipinski definition) is 3. The van der Waals surface area contributed by atoms with Crippen LogP contribution in [-0.2, 0) is 4.79 Å². The van der Waals surface area contributed by atoms with Crippen LogP contribution >= 0.6 is 0 Å². The molecule has 0 radical (unpaired) electrons. The number of carbonyl (C=O) groups excluding carboxylic acids is 1. The monoisotopic (exact) mass is 183 g/mol. The van der Waals surface area contributed by atoms with Gasteiger partial charge in [0, 0.05) is 39.3 Å². The number of nitrogens with zero attached hydrogens (tertiary/aromatic N) is 1. The normalized spacial score (nSPS) is 18.2. The van der Waals surface area contributed by atoms with E-state index in [0.29, 0.717) is 6.54 Å². The fraction of sp³-hybridized carbons (Fsp3) is 0.667. The van der Waals surface area contributed by atoms with Crippen LogP contribution in [0.25, 0.3) is 0 Å². The average molecular weight is 183 g/mol. The summed E-state index contributed by atoms with van der Waals surface area (Å²) in [5.41, 5.74) is 0.